The molecule has 0 rings (SSSR count). The second kappa shape index (κ2) is 6.65. The quantitative estimate of drug-likeness (QED) is 0.385. The molecule has 0 fully saturated rings. The molecule has 0 aliphatic rings. The predicted octanol–water partition coefficient (Wildman–Crippen LogP) is 4.89. The van der Waals surface area contributed by atoms with Crippen molar-refractivity contribution >= 4 is 33.9 Å². The Morgan fingerprint density at radius 3 is 2.00 bits per heavy atom. The van der Waals surface area contributed by atoms with Crippen LogP contribution in [0.4, 0.5) is 0 Å². The zero-order valence-electron chi connectivity index (χ0n) is 8.97. The van der Waals surface area contributed by atoms with Gasteiger partial charge in [0, 0.05) is 0 Å². The summed E-state index contributed by atoms with van der Waals surface area (Å²) in [6.07, 6.45) is 3.59. The summed E-state index contributed by atoms with van der Waals surface area (Å²) >= 11 is 2.70. The van der Waals surface area contributed by atoms with Crippen molar-refractivity contribution in [3.63, 3.8) is 0 Å². The molecule has 0 N–H and O–H groups in total. The first-order valence-corrected chi connectivity index (χ1v) is 9.25. The van der Waals surface area contributed by atoms with E-state index in [9.17, 15) is 0 Å². The maximum atomic E-state index is 2.70. The maximum absolute atomic E-state index is 2.70. The molecule has 0 aliphatic carbocycles. The molecular weight excluding hydrogens is 277 g/mol. The molecule has 0 saturated heterocycles. The van der Waals surface area contributed by atoms with Crippen molar-refractivity contribution in [3.8, 4) is 0 Å². The van der Waals surface area contributed by atoms with Crippen LogP contribution in [-0.2, 0) is 0 Å². The first-order chi connectivity index (χ1) is 5.54. The van der Waals surface area contributed by atoms with Gasteiger partial charge in [-0.15, -0.1) is 0 Å². The fourth-order valence-corrected chi connectivity index (χ4v) is 6.12. The van der Waals surface area contributed by atoms with Crippen LogP contribution in [0.15, 0.2) is 0 Å². The van der Waals surface area contributed by atoms with Gasteiger partial charge in [-0.1, -0.05) is 68.3 Å². The Balaban J connectivity index is 4.13. The summed E-state index contributed by atoms with van der Waals surface area (Å²) in [4.78, 5) is 0. The van der Waals surface area contributed by atoms with Crippen LogP contribution >= 0.6 is 27.5 Å². The Morgan fingerprint density at radius 1 is 1.25 bits per heavy atom. The Kier molecular flexibility index (Phi) is 7.32. The summed E-state index contributed by atoms with van der Waals surface area (Å²) in [5.41, 5.74) is 1.20. The SMILES string of the molecule is CCC(C)C(CC)P(I)B(C)C. The van der Waals surface area contributed by atoms with Gasteiger partial charge in [0.1, 0.15) is 0 Å². The fraction of sp³-hybridized carbons (Fsp3) is 1.00. The van der Waals surface area contributed by atoms with E-state index in [-0.39, 0.29) is 5.44 Å². The van der Waals surface area contributed by atoms with Crippen molar-refractivity contribution in [1.29, 1.82) is 0 Å². The molecule has 12 heavy (non-hydrogen) atoms. The lowest BCUT2D eigenvalue weighted by Gasteiger charge is -2.28. The Hall–Kier alpha value is 1.22. The lowest BCUT2D eigenvalue weighted by molar-refractivity contribution is 0.522. The van der Waals surface area contributed by atoms with Crippen LogP contribution in [0.2, 0.25) is 13.6 Å². The molecule has 0 aliphatic heterocycles. The molecule has 0 spiro atoms. The van der Waals surface area contributed by atoms with Crippen LogP contribution in [0, 0.1) is 5.92 Å². The molecule has 0 aromatic carbocycles. The summed E-state index contributed by atoms with van der Waals surface area (Å²) < 4.78 is 0. The highest BCUT2D eigenvalue weighted by Crippen LogP contribution is 2.56. The average molecular weight is 298 g/mol. The van der Waals surface area contributed by atoms with Crippen molar-refractivity contribution in [1.82, 2.24) is 0 Å². The molecule has 3 atom stereocenters. The third-order valence-corrected chi connectivity index (χ3v) is 10.5. The molecule has 0 saturated carbocycles. The van der Waals surface area contributed by atoms with Crippen molar-refractivity contribution in [3.05, 3.63) is 0 Å². The second-order valence-electron chi connectivity index (χ2n) is 3.80. The average Bonchev–Trinajstić information content (AvgIpc) is 2.05. The largest absolute Gasteiger partial charge is 0.177 e. The van der Waals surface area contributed by atoms with Gasteiger partial charge >= 0.3 is 0 Å². The van der Waals surface area contributed by atoms with Crippen LogP contribution in [0.3, 0.4) is 0 Å². The lowest BCUT2D eigenvalue weighted by Crippen LogP contribution is -2.17. The van der Waals surface area contributed by atoms with Crippen molar-refractivity contribution in [2.75, 3.05) is 0 Å². The number of hydrogen-bond acceptors (Lipinski definition) is 0. The molecule has 3 unspecified atom stereocenters. The molecule has 0 bridgehead atoms. The minimum atomic E-state index is 0.222. The standard InChI is InChI=1S/C9H21BIP/c1-6-8(3)9(7-2)12(11)10(4)5/h8-9H,6-7H2,1-5H3. The molecule has 0 radical (unpaired) electrons. The fourth-order valence-electron chi connectivity index (χ4n) is 1.47. The van der Waals surface area contributed by atoms with E-state index in [4.69, 9.17) is 0 Å². The smallest absolute Gasteiger partial charge is 0.0811 e. The van der Waals surface area contributed by atoms with Gasteiger partial charge in [0.15, 0.2) is 6.43 Å². The van der Waals surface area contributed by atoms with Gasteiger partial charge < -0.3 is 0 Å². The minimum absolute atomic E-state index is 0.222. The van der Waals surface area contributed by atoms with E-state index >= 15 is 0 Å². The van der Waals surface area contributed by atoms with Crippen molar-refractivity contribution in [2.24, 2.45) is 5.92 Å². The Labute approximate surface area is 92.5 Å². The minimum Gasteiger partial charge on any atom is -0.0811 e. The van der Waals surface area contributed by atoms with E-state index in [0.29, 0.717) is 0 Å². The summed E-state index contributed by atoms with van der Waals surface area (Å²) in [7, 11) is 0. The number of halogens is 1. The molecule has 0 aromatic rings. The monoisotopic (exact) mass is 298 g/mol. The molecule has 3 heteroatoms. The van der Waals surface area contributed by atoms with Gasteiger partial charge in [-0.2, -0.15) is 0 Å². The molecular formula is C9H21BIP. The van der Waals surface area contributed by atoms with Crippen molar-refractivity contribution < 1.29 is 0 Å². The summed E-state index contributed by atoms with van der Waals surface area (Å²) in [5.74, 6) is 0.917. The second-order valence-corrected chi connectivity index (χ2v) is 9.53. The van der Waals surface area contributed by atoms with Gasteiger partial charge in [0.05, 0.1) is 0 Å². The summed E-state index contributed by atoms with van der Waals surface area (Å²) in [6.45, 7) is 11.8. The predicted molar refractivity (Wildman–Crippen MR) is 72.0 cm³/mol. The number of rotatable bonds is 5. The van der Waals surface area contributed by atoms with E-state index < -0.39 is 0 Å². The van der Waals surface area contributed by atoms with E-state index in [1.54, 1.807) is 0 Å². The van der Waals surface area contributed by atoms with E-state index in [2.05, 4.69) is 56.5 Å². The topological polar surface area (TPSA) is 0 Å². The summed E-state index contributed by atoms with van der Waals surface area (Å²) in [6, 6.07) is 0. The van der Waals surface area contributed by atoms with Gasteiger partial charge in [0.2, 0.25) is 0 Å². The van der Waals surface area contributed by atoms with Crippen LogP contribution < -0.4 is 0 Å². The van der Waals surface area contributed by atoms with Gasteiger partial charge in [-0.25, -0.2) is 0 Å². The van der Waals surface area contributed by atoms with E-state index in [0.717, 1.165) is 18.0 Å². The molecule has 0 heterocycles. The molecule has 0 nitrogen and oxygen atoms in total. The van der Waals surface area contributed by atoms with Crippen LogP contribution in [0.5, 0.6) is 0 Å². The van der Waals surface area contributed by atoms with Crippen LogP contribution in [-0.4, -0.2) is 12.1 Å². The van der Waals surface area contributed by atoms with Crippen LogP contribution in [0.1, 0.15) is 33.6 Å². The van der Waals surface area contributed by atoms with Gasteiger partial charge in [-0.05, 0) is 18.0 Å². The third-order valence-electron chi connectivity index (χ3n) is 2.53. The molecule has 0 amide bonds. The highest BCUT2D eigenvalue weighted by molar-refractivity contribution is 14.2. The van der Waals surface area contributed by atoms with Gasteiger partial charge in [0.25, 0.3) is 0 Å². The normalized spacial score (nSPS) is 18.5. The molecule has 72 valence electrons. The zero-order valence-corrected chi connectivity index (χ0v) is 12.0. The van der Waals surface area contributed by atoms with E-state index in [1.807, 2.05) is 0 Å². The maximum Gasteiger partial charge on any atom is 0.177 e. The first kappa shape index (κ1) is 13.2. The lowest BCUT2D eigenvalue weighted by atomic mass is 9.84. The number of hydrogen-bond donors (Lipinski definition) is 0. The Bertz CT molecular complexity index is 119. The van der Waals surface area contributed by atoms with Crippen molar-refractivity contribution in [2.45, 2.75) is 52.9 Å². The van der Waals surface area contributed by atoms with Gasteiger partial charge in [-0.3, -0.25) is 0 Å². The third kappa shape index (κ3) is 3.96. The highest BCUT2D eigenvalue weighted by atomic mass is 127. The zero-order chi connectivity index (χ0) is 9.72. The van der Waals surface area contributed by atoms with Crippen LogP contribution in [0.25, 0.3) is 0 Å². The Morgan fingerprint density at radius 2 is 1.75 bits per heavy atom. The van der Waals surface area contributed by atoms with E-state index in [1.165, 1.54) is 12.8 Å². The summed E-state index contributed by atoms with van der Waals surface area (Å²) in [5, 5.41) is 0. The molecule has 0 aromatic heterocycles. The first-order valence-electron chi connectivity index (χ1n) is 4.98. The highest BCUT2D eigenvalue weighted by Gasteiger charge is 2.25.